The number of hydrogen-bond acceptors (Lipinski definition) is 7. The molecule has 2 N–H and O–H groups in total. The summed E-state index contributed by atoms with van der Waals surface area (Å²) in [5.74, 6) is -0.328. The maximum absolute atomic E-state index is 13.1. The van der Waals surface area contributed by atoms with E-state index in [9.17, 15) is 19.2 Å². The van der Waals surface area contributed by atoms with Crippen molar-refractivity contribution in [1.82, 2.24) is 14.5 Å². The van der Waals surface area contributed by atoms with Crippen LogP contribution in [0.2, 0.25) is 0 Å². The van der Waals surface area contributed by atoms with Crippen molar-refractivity contribution in [2.24, 2.45) is 7.05 Å². The predicted octanol–water partition coefficient (Wildman–Crippen LogP) is 2.46. The number of aromatic carboxylic acids is 1. The van der Waals surface area contributed by atoms with Gasteiger partial charge in [0.2, 0.25) is 0 Å². The fraction of sp³-hybridized carbons (Fsp3) is 0.200. The summed E-state index contributed by atoms with van der Waals surface area (Å²) in [6.45, 7) is 0.195. The molecule has 0 radical (unpaired) electrons. The second-order valence-corrected chi connectivity index (χ2v) is 8.97. The van der Waals surface area contributed by atoms with Gasteiger partial charge in [0.05, 0.1) is 36.6 Å². The molecule has 2 heterocycles. The molecule has 0 aliphatic carbocycles. The molecule has 2 aromatic carbocycles. The summed E-state index contributed by atoms with van der Waals surface area (Å²) < 4.78 is 12.9. The van der Waals surface area contributed by atoms with E-state index < -0.39 is 17.2 Å². The molecule has 1 amide bonds. The van der Waals surface area contributed by atoms with Gasteiger partial charge in [-0.2, -0.15) is 0 Å². The Hall–Kier alpha value is -4.38. The smallest absolute Gasteiger partial charge is 0.335 e. The second-order valence-electron chi connectivity index (χ2n) is 7.94. The SMILES string of the molecule is COc1ccc(CNC(=O)c2cc3c(=O)n(Cc4ccc(C(=O)O)cc4)c(=O)n(C)c3s2)cc1OC. The van der Waals surface area contributed by atoms with Crippen LogP contribution in [0.1, 0.15) is 31.2 Å². The summed E-state index contributed by atoms with van der Waals surface area (Å²) in [6.07, 6.45) is 0. The molecule has 11 heteroatoms. The number of carboxylic acids is 1. The third-order valence-corrected chi connectivity index (χ3v) is 6.89. The Morgan fingerprint density at radius 3 is 2.28 bits per heavy atom. The average Bonchev–Trinajstić information content (AvgIpc) is 3.34. The Bertz CT molecular complexity index is 1580. The first-order valence-electron chi connectivity index (χ1n) is 10.8. The number of carbonyl (C=O) groups excluding carboxylic acids is 1. The third-order valence-electron chi connectivity index (χ3n) is 5.68. The van der Waals surface area contributed by atoms with Crippen molar-refractivity contribution in [3.8, 4) is 11.5 Å². The van der Waals surface area contributed by atoms with Gasteiger partial charge in [0.1, 0.15) is 4.83 Å². The summed E-state index contributed by atoms with van der Waals surface area (Å²) in [5, 5.41) is 12.1. The normalized spacial score (nSPS) is 10.9. The summed E-state index contributed by atoms with van der Waals surface area (Å²) in [7, 11) is 4.60. The molecule has 186 valence electrons. The molecule has 0 atom stereocenters. The van der Waals surface area contributed by atoms with Crippen molar-refractivity contribution >= 4 is 33.4 Å². The van der Waals surface area contributed by atoms with E-state index in [-0.39, 0.29) is 29.9 Å². The predicted molar refractivity (Wildman–Crippen MR) is 135 cm³/mol. The lowest BCUT2D eigenvalue weighted by Gasteiger charge is -2.10. The van der Waals surface area contributed by atoms with Crippen LogP contribution in [0, 0.1) is 0 Å². The molecule has 4 aromatic rings. The minimum atomic E-state index is -1.06. The van der Waals surface area contributed by atoms with Gasteiger partial charge in [0.15, 0.2) is 11.5 Å². The number of benzene rings is 2. The maximum atomic E-state index is 13.1. The lowest BCUT2D eigenvalue weighted by Crippen LogP contribution is -2.38. The molecular weight excluding hydrogens is 486 g/mol. The highest BCUT2D eigenvalue weighted by molar-refractivity contribution is 7.20. The van der Waals surface area contributed by atoms with E-state index in [1.165, 1.54) is 44.0 Å². The topological polar surface area (TPSA) is 129 Å². The van der Waals surface area contributed by atoms with Gasteiger partial charge < -0.3 is 19.9 Å². The monoisotopic (exact) mass is 509 g/mol. The number of aryl methyl sites for hydroxylation is 1. The molecule has 0 aliphatic rings. The summed E-state index contributed by atoms with van der Waals surface area (Å²) in [6, 6.07) is 12.7. The number of aromatic nitrogens is 2. The first kappa shape index (κ1) is 24.7. The third kappa shape index (κ3) is 4.73. The van der Waals surface area contributed by atoms with Gasteiger partial charge in [-0.1, -0.05) is 18.2 Å². The number of ether oxygens (including phenoxy) is 2. The van der Waals surface area contributed by atoms with E-state index in [2.05, 4.69) is 5.32 Å². The number of carbonyl (C=O) groups is 2. The first-order valence-corrected chi connectivity index (χ1v) is 11.6. The van der Waals surface area contributed by atoms with E-state index in [1.807, 2.05) is 0 Å². The standard InChI is InChI=1S/C25H23N3O7S/c1-27-23-17(22(30)28(25(27)33)13-14-4-7-16(8-5-14)24(31)32)11-20(36-23)21(29)26-12-15-6-9-18(34-2)19(10-15)35-3/h4-11H,12-13H2,1-3H3,(H,26,29)(H,31,32). The Balaban J connectivity index is 1.59. The highest BCUT2D eigenvalue weighted by Gasteiger charge is 2.18. The maximum Gasteiger partial charge on any atom is 0.335 e. The zero-order chi connectivity index (χ0) is 26.0. The van der Waals surface area contributed by atoms with Gasteiger partial charge in [-0.3, -0.25) is 18.7 Å². The molecule has 0 fully saturated rings. The highest BCUT2D eigenvalue weighted by Crippen LogP contribution is 2.27. The molecule has 2 aromatic heterocycles. The Morgan fingerprint density at radius 2 is 1.64 bits per heavy atom. The number of rotatable bonds is 8. The van der Waals surface area contributed by atoms with Crippen molar-refractivity contribution in [3.63, 3.8) is 0 Å². The van der Waals surface area contributed by atoms with Crippen LogP contribution >= 0.6 is 11.3 Å². The van der Waals surface area contributed by atoms with Crippen LogP contribution in [-0.4, -0.2) is 40.3 Å². The van der Waals surface area contributed by atoms with Crippen LogP contribution in [-0.2, 0) is 20.1 Å². The van der Waals surface area contributed by atoms with Crippen LogP contribution in [0.4, 0.5) is 0 Å². The lowest BCUT2D eigenvalue weighted by atomic mass is 10.1. The number of hydrogen-bond donors (Lipinski definition) is 2. The van der Waals surface area contributed by atoms with Gasteiger partial charge in [-0.05, 0) is 41.5 Å². The number of thiophene rings is 1. The molecule has 0 saturated heterocycles. The summed E-state index contributed by atoms with van der Waals surface area (Å²) >= 11 is 1.06. The number of methoxy groups -OCH3 is 2. The number of carboxylic acid groups (broad SMARTS) is 1. The Labute approximate surface area is 208 Å². The van der Waals surface area contributed by atoms with Gasteiger partial charge in [0, 0.05) is 13.6 Å². The zero-order valence-corrected chi connectivity index (χ0v) is 20.5. The Kier molecular flexibility index (Phi) is 6.93. The number of nitrogens with one attached hydrogen (secondary N) is 1. The number of nitrogens with zero attached hydrogens (tertiary/aromatic N) is 2. The Morgan fingerprint density at radius 1 is 0.972 bits per heavy atom. The largest absolute Gasteiger partial charge is 0.493 e. The molecule has 10 nitrogen and oxygen atoms in total. The minimum absolute atomic E-state index is 0.0297. The highest BCUT2D eigenvalue weighted by atomic mass is 32.1. The summed E-state index contributed by atoms with van der Waals surface area (Å²) in [4.78, 5) is 50.6. The van der Waals surface area contributed by atoms with Gasteiger partial charge in [-0.25, -0.2) is 9.59 Å². The minimum Gasteiger partial charge on any atom is -0.493 e. The summed E-state index contributed by atoms with van der Waals surface area (Å²) in [5.41, 5.74) is 0.447. The molecule has 0 saturated carbocycles. The van der Waals surface area contributed by atoms with Crippen molar-refractivity contribution in [2.75, 3.05) is 14.2 Å². The van der Waals surface area contributed by atoms with Crippen LogP contribution in [0.3, 0.4) is 0 Å². The van der Waals surface area contributed by atoms with Crippen LogP contribution in [0.15, 0.2) is 58.1 Å². The van der Waals surface area contributed by atoms with Gasteiger partial charge in [-0.15, -0.1) is 11.3 Å². The van der Waals surface area contributed by atoms with Crippen molar-refractivity contribution < 1.29 is 24.2 Å². The van der Waals surface area contributed by atoms with E-state index in [0.717, 1.165) is 21.5 Å². The fourth-order valence-electron chi connectivity index (χ4n) is 3.73. The molecule has 4 rings (SSSR count). The number of amides is 1. The average molecular weight is 510 g/mol. The van der Waals surface area contributed by atoms with Crippen LogP contribution < -0.4 is 26.0 Å². The van der Waals surface area contributed by atoms with E-state index >= 15 is 0 Å². The van der Waals surface area contributed by atoms with Crippen molar-refractivity contribution in [1.29, 1.82) is 0 Å². The molecule has 0 bridgehead atoms. The lowest BCUT2D eigenvalue weighted by molar-refractivity contribution is 0.0696. The van der Waals surface area contributed by atoms with Gasteiger partial charge in [0.25, 0.3) is 11.5 Å². The van der Waals surface area contributed by atoms with E-state index in [0.29, 0.717) is 26.8 Å². The molecule has 0 unspecified atom stereocenters. The molecule has 0 spiro atoms. The molecule has 0 aliphatic heterocycles. The van der Waals surface area contributed by atoms with Crippen molar-refractivity contribution in [3.05, 3.63) is 90.9 Å². The van der Waals surface area contributed by atoms with Crippen LogP contribution in [0.5, 0.6) is 11.5 Å². The van der Waals surface area contributed by atoms with Crippen molar-refractivity contribution in [2.45, 2.75) is 13.1 Å². The quantitative estimate of drug-likeness (QED) is 0.373. The second kappa shape index (κ2) is 10.1. The molecular formula is C25H23N3O7S. The molecule has 36 heavy (non-hydrogen) atoms. The fourth-order valence-corrected chi connectivity index (χ4v) is 4.75. The number of fused-ring (bicyclic) bond motifs is 1. The first-order chi connectivity index (χ1) is 17.2. The van der Waals surface area contributed by atoms with E-state index in [4.69, 9.17) is 14.6 Å². The zero-order valence-electron chi connectivity index (χ0n) is 19.7. The van der Waals surface area contributed by atoms with E-state index in [1.54, 1.807) is 30.3 Å². The van der Waals surface area contributed by atoms with Crippen LogP contribution in [0.25, 0.3) is 10.2 Å². The van der Waals surface area contributed by atoms with Gasteiger partial charge >= 0.3 is 11.7 Å².